The molecular weight excluding hydrogens is 232 g/mol. The van der Waals surface area contributed by atoms with Crippen LogP contribution in [0, 0.1) is 11.3 Å². The Morgan fingerprint density at radius 2 is 2.35 bits per heavy atom. The smallest absolute Gasteiger partial charge is 0.187 e. The summed E-state index contributed by atoms with van der Waals surface area (Å²) in [6, 6.07) is 5.70. The second-order valence-corrected chi connectivity index (χ2v) is 4.85. The third-order valence-corrected chi connectivity index (χ3v) is 3.45. The molecule has 0 aromatic carbocycles. The Labute approximate surface area is 103 Å². The van der Waals surface area contributed by atoms with E-state index in [1.807, 2.05) is 6.07 Å². The van der Waals surface area contributed by atoms with Crippen molar-refractivity contribution < 1.29 is 0 Å². The van der Waals surface area contributed by atoms with Crippen LogP contribution < -0.4 is 5.32 Å². The van der Waals surface area contributed by atoms with Crippen molar-refractivity contribution in [2.45, 2.75) is 18.8 Å². The van der Waals surface area contributed by atoms with Crippen LogP contribution in [0.15, 0.2) is 23.7 Å². The number of thiazole rings is 1. The highest BCUT2D eigenvalue weighted by atomic mass is 32.1. The van der Waals surface area contributed by atoms with Crippen LogP contribution in [-0.4, -0.2) is 9.97 Å². The molecule has 4 nitrogen and oxygen atoms in total. The van der Waals surface area contributed by atoms with Crippen LogP contribution in [0.3, 0.4) is 0 Å². The highest BCUT2D eigenvalue weighted by Crippen LogP contribution is 2.41. The number of hydrogen-bond donors (Lipinski definition) is 1. The topological polar surface area (TPSA) is 61.6 Å². The van der Waals surface area contributed by atoms with Gasteiger partial charge in [0.05, 0.1) is 11.4 Å². The van der Waals surface area contributed by atoms with Crippen molar-refractivity contribution in [3.05, 3.63) is 35.1 Å². The first-order valence-electron chi connectivity index (χ1n) is 5.44. The first-order chi connectivity index (χ1) is 8.36. The molecule has 2 aromatic rings. The summed E-state index contributed by atoms with van der Waals surface area (Å²) in [4.78, 5) is 8.51. The van der Waals surface area contributed by atoms with Gasteiger partial charge in [-0.25, -0.2) is 9.97 Å². The van der Waals surface area contributed by atoms with E-state index in [0.717, 1.165) is 5.13 Å². The van der Waals surface area contributed by atoms with Crippen LogP contribution in [0.25, 0.3) is 0 Å². The van der Waals surface area contributed by atoms with Crippen LogP contribution >= 0.6 is 11.3 Å². The third kappa shape index (κ3) is 2.12. The lowest BCUT2D eigenvalue weighted by Gasteiger charge is -2.02. The van der Waals surface area contributed by atoms with Crippen LogP contribution in [0.2, 0.25) is 0 Å². The van der Waals surface area contributed by atoms with E-state index in [4.69, 9.17) is 5.26 Å². The van der Waals surface area contributed by atoms with E-state index in [0.29, 0.717) is 17.3 Å². The van der Waals surface area contributed by atoms with Crippen molar-refractivity contribution in [3.8, 4) is 6.07 Å². The molecule has 0 aliphatic heterocycles. The van der Waals surface area contributed by atoms with Crippen molar-refractivity contribution in [3.63, 3.8) is 0 Å². The van der Waals surface area contributed by atoms with Gasteiger partial charge >= 0.3 is 0 Å². The molecule has 5 heteroatoms. The van der Waals surface area contributed by atoms with Gasteiger partial charge in [-0.1, -0.05) is 0 Å². The quantitative estimate of drug-likeness (QED) is 0.898. The van der Waals surface area contributed by atoms with Crippen molar-refractivity contribution in [1.29, 1.82) is 5.26 Å². The summed E-state index contributed by atoms with van der Waals surface area (Å²) in [5, 5.41) is 15.0. The number of aromatic nitrogens is 2. The summed E-state index contributed by atoms with van der Waals surface area (Å²) in [5.74, 6) is 0.658. The first kappa shape index (κ1) is 10.2. The average molecular weight is 242 g/mol. The standard InChI is InChI=1S/C12H10N4S/c13-6-10-9(2-1-5-14-10)15-12-16-11(7-17-12)8-3-4-8/h1-2,5,7-8H,3-4H2,(H,15,16). The zero-order valence-electron chi connectivity index (χ0n) is 9.05. The van der Waals surface area contributed by atoms with Gasteiger partial charge in [-0.3, -0.25) is 0 Å². The molecule has 0 spiro atoms. The van der Waals surface area contributed by atoms with Gasteiger partial charge in [0, 0.05) is 17.5 Å². The first-order valence-corrected chi connectivity index (χ1v) is 6.32. The number of nitrogens with one attached hydrogen (secondary N) is 1. The number of nitriles is 1. The minimum Gasteiger partial charge on any atom is -0.329 e. The molecule has 2 heterocycles. The molecule has 0 bridgehead atoms. The number of pyridine rings is 1. The molecule has 1 aliphatic rings. The number of anilines is 2. The summed E-state index contributed by atoms with van der Waals surface area (Å²) in [6.07, 6.45) is 4.11. The molecule has 2 aromatic heterocycles. The lowest BCUT2D eigenvalue weighted by Crippen LogP contribution is -1.95. The van der Waals surface area contributed by atoms with Gasteiger partial charge in [0.15, 0.2) is 10.8 Å². The number of hydrogen-bond acceptors (Lipinski definition) is 5. The minimum atomic E-state index is 0.399. The molecule has 0 radical (unpaired) electrons. The fraction of sp³-hybridized carbons (Fsp3) is 0.250. The molecule has 1 N–H and O–H groups in total. The molecule has 3 rings (SSSR count). The van der Waals surface area contributed by atoms with Gasteiger partial charge in [-0.05, 0) is 25.0 Å². The maximum absolute atomic E-state index is 8.93. The molecular formula is C12H10N4S. The Morgan fingerprint density at radius 3 is 3.12 bits per heavy atom. The minimum absolute atomic E-state index is 0.399. The largest absolute Gasteiger partial charge is 0.329 e. The number of nitrogens with zero attached hydrogens (tertiary/aromatic N) is 3. The van der Waals surface area contributed by atoms with E-state index in [9.17, 15) is 0 Å². The molecule has 1 saturated carbocycles. The van der Waals surface area contributed by atoms with E-state index in [2.05, 4.69) is 26.7 Å². The monoisotopic (exact) mass is 242 g/mol. The van der Waals surface area contributed by atoms with Crippen molar-refractivity contribution in [2.24, 2.45) is 0 Å². The van der Waals surface area contributed by atoms with Gasteiger partial charge in [0.25, 0.3) is 0 Å². The van der Waals surface area contributed by atoms with Crippen LogP contribution in [-0.2, 0) is 0 Å². The molecule has 1 aliphatic carbocycles. The highest BCUT2D eigenvalue weighted by Gasteiger charge is 2.26. The maximum Gasteiger partial charge on any atom is 0.187 e. The Kier molecular flexibility index (Phi) is 2.50. The van der Waals surface area contributed by atoms with Gasteiger partial charge < -0.3 is 5.32 Å². The Balaban J connectivity index is 1.83. The maximum atomic E-state index is 8.93. The van der Waals surface area contributed by atoms with Crippen molar-refractivity contribution in [2.75, 3.05) is 5.32 Å². The summed E-state index contributed by atoms with van der Waals surface area (Å²) in [6.45, 7) is 0. The third-order valence-electron chi connectivity index (χ3n) is 2.67. The molecule has 0 atom stereocenters. The second-order valence-electron chi connectivity index (χ2n) is 3.99. The Morgan fingerprint density at radius 1 is 1.47 bits per heavy atom. The Bertz CT molecular complexity index is 580. The summed E-state index contributed by atoms with van der Waals surface area (Å²) in [7, 11) is 0. The summed E-state index contributed by atoms with van der Waals surface area (Å²) in [5.41, 5.74) is 2.28. The SMILES string of the molecule is N#Cc1ncccc1Nc1nc(C2CC2)cs1. The summed E-state index contributed by atoms with van der Waals surface area (Å²) < 4.78 is 0. The highest BCUT2D eigenvalue weighted by molar-refractivity contribution is 7.13. The van der Waals surface area contributed by atoms with Crippen LogP contribution in [0.5, 0.6) is 0 Å². The molecule has 1 fully saturated rings. The molecule has 0 amide bonds. The predicted molar refractivity (Wildman–Crippen MR) is 66.3 cm³/mol. The zero-order chi connectivity index (χ0) is 11.7. The zero-order valence-corrected chi connectivity index (χ0v) is 9.87. The molecule has 0 unspecified atom stereocenters. The van der Waals surface area contributed by atoms with E-state index < -0.39 is 0 Å². The molecule has 84 valence electrons. The fourth-order valence-corrected chi connectivity index (χ4v) is 2.43. The predicted octanol–water partition coefficient (Wildman–Crippen LogP) is 3.03. The summed E-state index contributed by atoms with van der Waals surface area (Å²) >= 11 is 1.57. The fourth-order valence-electron chi connectivity index (χ4n) is 1.62. The van der Waals surface area contributed by atoms with E-state index >= 15 is 0 Å². The van der Waals surface area contributed by atoms with Gasteiger partial charge in [0.1, 0.15) is 6.07 Å². The van der Waals surface area contributed by atoms with E-state index in [-0.39, 0.29) is 0 Å². The van der Waals surface area contributed by atoms with Gasteiger partial charge in [-0.15, -0.1) is 11.3 Å². The average Bonchev–Trinajstić information content (AvgIpc) is 3.11. The van der Waals surface area contributed by atoms with Crippen molar-refractivity contribution >= 4 is 22.2 Å². The molecule has 0 saturated heterocycles. The van der Waals surface area contributed by atoms with Crippen LogP contribution in [0.4, 0.5) is 10.8 Å². The second kappa shape index (κ2) is 4.15. The Hall–Kier alpha value is -1.93. The van der Waals surface area contributed by atoms with Crippen LogP contribution in [0.1, 0.15) is 30.1 Å². The van der Waals surface area contributed by atoms with Crippen molar-refractivity contribution in [1.82, 2.24) is 9.97 Å². The number of rotatable bonds is 3. The lowest BCUT2D eigenvalue weighted by molar-refractivity contribution is 1.05. The lowest BCUT2D eigenvalue weighted by atomic mass is 10.3. The van der Waals surface area contributed by atoms with E-state index in [1.54, 1.807) is 23.6 Å². The molecule has 17 heavy (non-hydrogen) atoms. The van der Waals surface area contributed by atoms with Gasteiger partial charge in [0.2, 0.25) is 0 Å². The van der Waals surface area contributed by atoms with E-state index in [1.165, 1.54) is 18.5 Å². The van der Waals surface area contributed by atoms with Gasteiger partial charge in [-0.2, -0.15) is 5.26 Å². The normalized spacial score (nSPS) is 14.3.